The van der Waals surface area contributed by atoms with Gasteiger partial charge >= 0.3 is 6.09 Å². The smallest absolute Gasteiger partial charge is 0.416 e. The van der Waals surface area contributed by atoms with Crippen LogP contribution < -0.4 is 0 Å². The number of nitrogens with zero attached hydrogens (tertiary/aromatic N) is 3. The monoisotopic (exact) mass is 417 g/mol. The van der Waals surface area contributed by atoms with Crippen LogP contribution in [-0.2, 0) is 16.1 Å². The van der Waals surface area contributed by atoms with E-state index in [0.717, 1.165) is 10.5 Å². The number of hydrogen-bond acceptors (Lipinski definition) is 6. The van der Waals surface area contributed by atoms with Crippen LogP contribution in [0.1, 0.15) is 5.56 Å². The van der Waals surface area contributed by atoms with Gasteiger partial charge < -0.3 is 14.4 Å². The van der Waals surface area contributed by atoms with E-state index in [0.29, 0.717) is 22.7 Å². The Morgan fingerprint density at radius 2 is 2.07 bits per heavy atom. The van der Waals surface area contributed by atoms with Crippen LogP contribution in [0.25, 0.3) is 11.0 Å². The number of aromatic nitrogens is 2. The number of benzene rings is 2. The van der Waals surface area contributed by atoms with E-state index in [-0.39, 0.29) is 35.6 Å². The minimum atomic E-state index is -0.611. The maximum Gasteiger partial charge on any atom is 0.416 e. The van der Waals surface area contributed by atoms with Crippen LogP contribution in [0.3, 0.4) is 0 Å². The highest BCUT2D eigenvalue weighted by atomic mass is 35.5. The lowest BCUT2D eigenvalue weighted by Crippen LogP contribution is -2.33. The molecule has 2 aromatic carbocycles. The molecule has 0 radical (unpaired) electrons. The fourth-order valence-electron chi connectivity index (χ4n) is 2.97. The molecule has 1 aliphatic heterocycles. The number of imidazole rings is 1. The molecule has 2 heterocycles. The summed E-state index contributed by atoms with van der Waals surface area (Å²) in [5.74, 6) is -0.310. The highest BCUT2D eigenvalue weighted by Gasteiger charge is 2.28. The van der Waals surface area contributed by atoms with E-state index in [1.165, 1.54) is 11.8 Å². The van der Waals surface area contributed by atoms with Gasteiger partial charge in [-0.25, -0.2) is 14.7 Å². The summed E-state index contributed by atoms with van der Waals surface area (Å²) in [6.45, 7) is 1.00. The van der Waals surface area contributed by atoms with Gasteiger partial charge in [0, 0.05) is 6.07 Å². The van der Waals surface area contributed by atoms with Gasteiger partial charge in [-0.3, -0.25) is 4.79 Å². The molecule has 4 rings (SSSR count). The molecule has 28 heavy (non-hydrogen) atoms. The number of halogens is 1. The Balaban J connectivity index is 1.65. The topological polar surface area (TPSA) is 84.7 Å². The standard InChI is InChI=1S/C19H16ClN3O4S/c20-13-8-14-15(9-16(13)24)23(10-12-4-2-1-3-5-12)18(21-14)28-11-17(25)22-6-7-27-19(22)26/h1-5,8-9,24H,6-7,10-11H2. The summed E-state index contributed by atoms with van der Waals surface area (Å²) in [6.07, 6.45) is -0.611. The molecule has 0 unspecified atom stereocenters. The Hall–Kier alpha value is -2.71. The fourth-order valence-corrected chi connectivity index (χ4v) is 4.01. The molecule has 144 valence electrons. The first-order valence-corrected chi connectivity index (χ1v) is 9.92. The van der Waals surface area contributed by atoms with Crippen molar-refractivity contribution in [3.05, 3.63) is 53.1 Å². The number of carbonyl (C=O) groups is 2. The lowest BCUT2D eigenvalue weighted by Gasteiger charge is -2.12. The summed E-state index contributed by atoms with van der Waals surface area (Å²) >= 11 is 7.25. The van der Waals surface area contributed by atoms with Gasteiger partial charge in [0.15, 0.2) is 5.16 Å². The van der Waals surface area contributed by atoms with Gasteiger partial charge in [0.2, 0.25) is 5.91 Å². The number of thioether (sulfide) groups is 1. The third-order valence-electron chi connectivity index (χ3n) is 4.35. The lowest BCUT2D eigenvalue weighted by molar-refractivity contribution is -0.125. The van der Waals surface area contributed by atoms with Crippen molar-refractivity contribution in [3.63, 3.8) is 0 Å². The molecule has 0 aliphatic carbocycles. The molecule has 1 fully saturated rings. The van der Waals surface area contributed by atoms with E-state index in [1.807, 2.05) is 34.9 Å². The summed E-state index contributed by atoms with van der Waals surface area (Å²) in [4.78, 5) is 29.6. The molecule has 1 saturated heterocycles. The lowest BCUT2D eigenvalue weighted by atomic mass is 10.2. The number of carbonyl (C=O) groups excluding carboxylic acids is 2. The molecule has 2 amide bonds. The van der Waals surface area contributed by atoms with Gasteiger partial charge in [-0.15, -0.1) is 0 Å². The van der Waals surface area contributed by atoms with E-state index in [1.54, 1.807) is 12.1 Å². The van der Waals surface area contributed by atoms with Crippen molar-refractivity contribution in [2.75, 3.05) is 18.9 Å². The number of phenols is 1. The Morgan fingerprint density at radius 1 is 1.29 bits per heavy atom. The van der Waals surface area contributed by atoms with Gasteiger partial charge in [-0.05, 0) is 11.6 Å². The zero-order chi connectivity index (χ0) is 19.7. The molecule has 0 atom stereocenters. The van der Waals surface area contributed by atoms with Crippen molar-refractivity contribution >= 4 is 46.4 Å². The van der Waals surface area contributed by atoms with Gasteiger partial charge in [0.1, 0.15) is 12.4 Å². The number of rotatable bonds is 5. The van der Waals surface area contributed by atoms with Crippen molar-refractivity contribution in [1.29, 1.82) is 0 Å². The molecular weight excluding hydrogens is 402 g/mol. The van der Waals surface area contributed by atoms with Gasteiger partial charge in [-0.1, -0.05) is 53.7 Å². The first kappa shape index (κ1) is 18.6. The summed E-state index contributed by atoms with van der Waals surface area (Å²) < 4.78 is 6.73. The number of phenolic OH excluding ortho intramolecular Hbond substituents is 1. The van der Waals surface area contributed by atoms with Crippen LogP contribution >= 0.6 is 23.4 Å². The maximum absolute atomic E-state index is 12.3. The molecule has 9 heteroatoms. The molecule has 1 aromatic heterocycles. The van der Waals surface area contributed by atoms with Gasteiger partial charge in [0.25, 0.3) is 0 Å². The summed E-state index contributed by atoms with van der Waals surface area (Å²) in [5, 5.41) is 10.8. The third kappa shape index (κ3) is 3.65. The van der Waals surface area contributed by atoms with Crippen LogP contribution in [0, 0.1) is 0 Å². The number of imide groups is 1. The summed E-state index contributed by atoms with van der Waals surface area (Å²) in [5.41, 5.74) is 2.38. The van der Waals surface area contributed by atoms with Crippen molar-refractivity contribution in [2.45, 2.75) is 11.7 Å². The van der Waals surface area contributed by atoms with E-state index in [2.05, 4.69) is 4.98 Å². The summed E-state index contributed by atoms with van der Waals surface area (Å²) in [6, 6.07) is 13.0. The van der Waals surface area contributed by atoms with E-state index in [4.69, 9.17) is 16.3 Å². The predicted molar refractivity (Wildman–Crippen MR) is 106 cm³/mol. The third-order valence-corrected chi connectivity index (χ3v) is 5.62. The minimum absolute atomic E-state index is 0.0317. The van der Waals surface area contributed by atoms with Crippen molar-refractivity contribution in [1.82, 2.24) is 14.5 Å². The zero-order valence-corrected chi connectivity index (χ0v) is 16.2. The van der Waals surface area contributed by atoms with Crippen molar-refractivity contribution in [3.8, 4) is 5.75 Å². The number of aromatic hydroxyl groups is 1. The molecular formula is C19H16ClN3O4S. The molecule has 0 bridgehead atoms. The Morgan fingerprint density at radius 3 is 2.79 bits per heavy atom. The second-order valence-corrected chi connectivity index (χ2v) is 7.56. The predicted octanol–water partition coefficient (Wildman–Crippen LogP) is 3.51. The van der Waals surface area contributed by atoms with Gasteiger partial charge in [0.05, 0.1) is 34.9 Å². The normalized spacial score (nSPS) is 13.9. The molecule has 1 aliphatic rings. The number of fused-ring (bicyclic) bond motifs is 1. The summed E-state index contributed by atoms with van der Waals surface area (Å²) in [7, 11) is 0. The second kappa shape index (κ2) is 7.73. The highest BCUT2D eigenvalue weighted by Crippen LogP contribution is 2.32. The number of cyclic esters (lactones) is 1. The minimum Gasteiger partial charge on any atom is -0.506 e. The highest BCUT2D eigenvalue weighted by molar-refractivity contribution is 7.99. The van der Waals surface area contributed by atoms with Crippen molar-refractivity contribution in [2.24, 2.45) is 0 Å². The molecule has 7 nitrogen and oxygen atoms in total. The Bertz CT molecular complexity index is 1050. The van der Waals surface area contributed by atoms with Gasteiger partial charge in [-0.2, -0.15) is 0 Å². The largest absolute Gasteiger partial charge is 0.506 e. The van der Waals surface area contributed by atoms with Crippen LogP contribution in [0.4, 0.5) is 4.79 Å². The fraction of sp³-hybridized carbons (Fsp3) is 0.211. The second-order valence-electron chi connectivity index (χ2n) is 6.21. The number of ether oxygens (including phenoxy) is 1. The van der Waals surface area contributed by atoms with Crippen molar-refractivity contribution < 1.29 is 19.4 Å². The quantitative estimate of drug-likeness (QED) is 0.639. The Labute approximate surface area is 169 Å². The van der Waals surface area contributed by atoms with Crippen LogP contribution in [0.2, 0.25) is 5.02 Å². The molecule has 0 saturated carbocycles. The Kier molecular flexibility index (Phi) is 5.15. The SMILES string of the molecule is O=C(CSc1nc2cc(Cl)c(O)cc2n1Cc1ccccc1)N1CCOC1=O. The maximum atomic E-state index is 12.3. The molecule has 1 N–H and O–H groups in total. The molecule has 0 spiro atoms. The first-order valence-electron chi connectivity index (χ1n) is 8.55. The average molecular weight is 418 g/mol. The van der Waals surface area contributed by atoms with E-state index >= 15 is 0 Å². The van der Waals surface area contributed by atoms with Crippen LogP contribution in [-0.4, -0.2) is 50.5 Å². The molecule has 3 aromatic rings. The first-order chi connectivity index (χ1) is 13.5. The number of amides is 2. The zero-order valence-electron chi connectivity index (χ0n) is 14.7. The average Bonchev–Trinajstić information content (AvgIpc) is 3.25. The van der Waals surface area contributed by atoms with Crippen LogP contribution in [0.5, 0.6) is 5.75 Å². The number of hydrogen-bond donors (Lipinski definition) is 1. The van der Waals surface area contributed by atoms with Crippen LogP contribution in [0.15, 0.2) is 47.6 Å². The van der Waals surface area contributed by atoms with E-state index < -0.39 is 6.09 Å². The van der Waals surface area contributed by atoms with E-state index in [9.17, 15) is 14.7 Å².